The van der Waals surface area contributed by atoms with E-state index in [9.17, 15) is 0 Å². The summed E-state index contributed by atoms with van der Waals surface area (Å²) in [6.07, 6.45) is 9.32. The molecule has 0 aliphatic heterocycles. The molecule has 1 rings (SSSR count). The van der Waals surface area contributed by atoms with Crippen LogP contribution in [-0.2, 0) is 6.42 Å². The van der Waals surface area contributed by atoms with E-state index in [1.165, 1.54) is 0 Å². The highest BCUT2D eigenvalue weighted by Gasteiger charge is 1.95. The number of hydrogen-bond donors (Lipinski definition) is 1. The average Bonchev–Trinajstić information content (AvgIpc) is 2.15. The monoisotopic (exact) mass is 196 g/mol. The van der Waals surface area contributed by atoms with E-state index in [1.54, 1.807) is 12.4 Å². The van der Waals surface area contributed by atoms with Crippen LogP contribution in [0, 0.1) is 0 Å². The first kappa shape index (κ1) is 10.2. The Balaban J connectivity index is 2.49. The van der Waals surface area contributed by atoms with Crippen LogP contribution in [0.15, 0.2) is 30.6 Å². The number of nitrogens with zero attached hydrogens (tertiary/aromatic N) is 1. The van der Waals surface area contributed by atoms with Gasteiger partial charge in [0.25, 0.3) is 0 Å². The van der Waals surface area contributed by atoms with Gasteiger partial charge in [-0.05, 0) is 31.0 Å². The average molecular weight is 197 g/mol. The molecule has 0 unspecified atom stereocenters. The molecule has 2 nitrogen and oxygen atoms in total. The molecule has 0 saturated carbocycles. The van der Waals surface area contributed by atoms with Gasteiger partial charge in [0.2, 0.25) is 0 Å². The predicted molar refractivity (Wildman–Crippen MR) is 55.8 cm³/mol. The minimum Gasteiger partial charge on any atom is -0.330 e. The molecular formula is C10H13ClN2. The molecule has 0 bridgehead atoms. The van der Waals surface area contributed by atoms with Gasteiger partial charge >= 0.3 is 0 Å². The predicted octanol–water partition coefficient (Wildman–Crippen LogP) is 2.18. The number of rotatable bonds is 4. The molecule has 0 aliphatic carbocycles. The third-order valence-electron chi connectivity index (χ3n) is 1.69. The van der Waals surface area contributed by atoms with Crippen molar-refractivity contribution >= 4 is 11.6 Å². The lowest BCUT2D eigenvalue weighted by Gasteiger charge is -1.97. The summed E-state index contributed by atoms with van der Waals surface area (Å²) in [6.45, 7) is 0.695. The van der Waals surface area contributed by atoms with Gasteiger partial charge < -0.3 is 5.73 Å². The number of halogens is 1. The molecule has 0 aromatic carbocycles. The largest absolute Gasteiger partial charge is 0.330 e. The lowest BCUT2D eigenvalue weighted by molar-refractivity contribution is 1.00. The maximum atomic E-state index is 5.92. The fourth-order valence-corrected chi connectivity index (χ4v) is 1.19. The first-order valence-corrected chi connectivity index (χ1v) is 4.66. The van der Waals surface area contributed by atoms with Crippen molar-refractivity contribution in [1.82, 2.24) is 4.98 Å². The summed E-state index contributed by atoms with van der Waals surface area (Å²) < 4.78 is 0. The molecule has 0 radical (unpaired) electrons. The van der Waals surface area contributed by atoms with Gasteiger partial charge in [-0.2, -0.15) is 0 Å². The molecule has 2 N–H and O–H groups in total. The molecule has 0 amide bonds. The Kier molecular flexibility index (Phi) is 4.50. The molecular weight excluding hydrogens is 184 g/mol. The zero-order chi connectivity index (χ0) is 9.52. The van der Waals surface area contributed by atoms with E-state index in [0.29, 0.717) is 6.54 Å². The second-order valence-electron chi connectivity index (χ2n) is 2.72. The van der Waals surface area contributed by atoms with E-state index in [4.69, 9.17) is 17.3 Å². The van der Waals surface area contributed by atoms with E-state index >= 15 is 0 Å². The molecule has 3 heteroatoms. The standard InChI is InChI=1S/C10H13ClN2/c11-10-8-13-7-5-9(10)4-2-1-3-6-12/h1-2,5,7-8H,3-4,6,12H2. The van der Waals surface area contributed by atoms with E-state index in [1.807, 2.05) is 6.07 Å². The Hall–Kier alpha value is -0.860. The highest BCUT2D eigenvalue weighted by Crippen LogP contribution is 2.13. The third-order valence-corrected chi connectivity index (χ3v) is 2.03. The highest BCUT2D eigenvalue weighted by atomic mass is 35.5. The van der Waals surface area contributed by atoms with Crippen molar-refractivity contribution in [2.75, 3.05) is 6.54 Å². The van der Waals surface area contributed by atoms with Gasteiger partial charge in [0.05, 0.1) is 5.02 Å². The molecule has 1 aromatic rings. The van der Waals surface area contributed by atoms with Gasteiger partial charge in [-0.3, -0.25) is 4.98 Å². The van der Waals surface area contributed by atoms with Crippen LogP contribution in [0.1, 0.15) is 12.0 Å². The van der Waals surface area contributed by atoms with Crippen molar-refractivity contribution in [2.24, 2.45) is 5.73 Å². The molecule has 0 atom stereocenters. The molecule has 0 saturated heterocycles. The molecule has 1 aromatic heterocycles. The van der Waals surface area contributed by atoms with Crippen LogP contribution in [0.3, 0.4) is 0 Å². The molecule has 0 spiro atoms. The number of hydrogen-bond acceptors (Lipinski definition) is 2. The normalized spacial score (nSPS) is 10.9. The maximum Gasteiger partial charge on any atom is 0.0624 e. The van der Waals surface area contributed by atoms with Crippen molar-refractivity contribution in [3.8, 4) is 0 Å². The molecule has 0 aliphatic rings. The van der Waals surface area contributed by atoms with E-state index in [2.05, 4.69) is 17.1 Å². The molecule has 70 valence electrons. The first-order valence-electron chi connectivity index (χ1n) is 4.28. The van der Waals surface area contributed by atoms with Crippen molar-refractivity contribution in [3.05, 3.63) is 41.2 Å². The molecule has 1 heterocycles. The van der Waals surface area contributed by atoms with E-state index < -0.39 is 0 Å². The number of nitrogens with two attached hydrogens (primary N) is 1. The minimum absolute atomic E-state index is 0.695. The number of allylic oxidation sites excluding steroid dienone is 1. The van der Waals surface area contributed by atoms with Gasteiger partial charge in [0.1, 0.15) is 0 Å². The summed E-state index contributed by atoms with van der Waals surface area (Å²) in [5, 5.41) is 0.722. The lowest BCUT2D eigenvalue weighted by Crippen LogP contribution is -1.95. The summed E-state index contributed by atoms with van der Waals surface area (Å²) in [6, 6.07) is 1.93. The Bertz CT molecular complexity index is 284. The quantitative estimate of drug-likeness (QED) is 0.750. The second-order valence-corrected chi connectivity index (χ2v) is 3.13. The highest BCUT2D eigenvalue weighted by molar-refractivity contribution is 6.31. The van der Waals surface area contributed by atoms with Crippen LogP contribution in [0.5, 0.6) is 0 Å². The van der Waals surface area contributed by atoms with Gasteiger partial charge in [-0.1, -0.05) is 23.8 Å². The molecule has 0 fully saturated rings. The zero-order valence-electron chi connectivity index (χ0n) is 7.41. The van der Waals surface area contributed by atoms with Gasteiger partial charge in [-0.25, -0.2) is 0 Å². The van der Waals surface area contributed by atoms with Crippen LogP contribution in [-0.4, -0.2) is 11.5 Å². The fourth-order valence-electron chi connectivity index (χ4n) is 0.994. The van der Waals surface area contributed by atoms with Crippen molar-refractivity contribution in [2.45, 2.75) is 12.8 Å². The number of pyridine rings is 1. The first-order chi connectivity index (χ1) is 6.34. The van der Waals surface area contributed by atoms with Crippen LogP contribution in [0.2, 0.25) is 5.02 Å². The van der Waals surface area contributed by atoms with E-state index in [0.717, 1.165) is 23.4 Å². The van der Waals surface area contributed by atoms with E-state index in [-0.39, 0.29) is 0 Å². The third kappa shape index (κ3) is 3.57. The summed E-state index contributed by atoms with van der Waals surface area (Å²) in [7, 11) is 0. The van der Waals surface area contributed by atoms with Crippen molar-refractivity contribution in [3.63, 3.8) is 0 Å². The fraction of sp³-hybridized carbons (Fsp3) is 0.300. The lowest BCUT2D eigenvalue weighted by atomic mass is 10.2. The van der Waals surface area contributed by atoms with Crippen LogP contribution < -0.4 is 5.73 Å². The Labute approximate surface area is 83.4 Å². The van der Waals surface area contributed by atoms with Crippen LogP contribution >= 0.6 is 11.6 Å². The Morgan fingerprint density at radius 1 is 1.46 bits per heavy atom. The zero-order valence-corrected chi connectivity index (χ0v) is 8.17. The van der Waals surface area contributed by atoms with Gasteiger partial charge in [0.15, 0.2) is 0 Å². The van der Waals surface area contributed by atoms with Crippen LogP contribution in [0.25, 0.3) is 0 Å². The summed E-state index contributed by atoms with van der Waals surface area (Å²) in [4.78, 5) is 3.91. The summed E-state index contributed by atoms with van der Waals surface area (Å²) >= 11 is 5.92. The SMILES string of the molecule is NCCC=CCc1ccncc1Cl. The second kappa shape index (κ2) is 5.73. The number of aromatic nitrogens is 1. The van der Waals surface area contributed by atoms with Crippen molar-refractivity contribution in [1.29, 1.82) is 0 Å². The Morgan fingerprint density at radius 2 is 2.31 bits per heavy atom. The van der Waals surface area contributed by atoms with Gasteiger partial charge in [-0.15, -0.1) is 0 Å². The van der Waals surface area contributed by atoms with Crippen molar-refractivity contribution < 1.29 is 0 Å². The minimum atomic E-state index is 0.695. The van der Waals surface area contributed by atoms with Gasteiger partial charge in [0, 0.05) is 12.4 Å². The Morgan fingerprint density at radius 3 is 3.00 bits per heavy atom. The smallest absolute Gasteiger partial charge is 0.0624 e. The molecule has 13 heavy (non-hydrogen) atoms. The summed E-state index contributed by atoms with van der Waals surface area (Å²) in [5.74, 6) is 0. The topological polar surface area (TPSA) is 38.9 Å². The maximum absolute atomic E-state index is 5.92. The van der Waals surface area contributed by atoms with Crippen LogP contribution in [0.4, 0.5) is 0 Å². The summed E-state index contributed by atoms with van der Waals surface area (Å²) in [5.41, 5.74) is 6.45.